The zero-order valence-corrected chi connectivity index (χ0v) is 8.45. The monoisotopic (exact) mass is 185 g/mol. The highest BCUT2D eigenvalue weighted by molar-refractivity contribution is 5.60. The Morgan fingerprint density at radius 3 is 1.92 bits per heavy atom. The molecule has 0 heterocycles. The fourth-order valence-electron chi connectivity index (χ4n) is 0.797. The zero-order valence-electron chi connectivity index (χ0n) is 8.45. The van der Waals surface area contributed by atoms with Crippen molar-refractivity contribution in [3.05, 3.63) is 25.3 Å². The van der Waals surface area contributed by atoms with E-state index >= 15 is 0 Å². The summed E-state index contributed by atoms with van der Waals surface area (Å²) in [4.78, 5) is 8.89. The smallest absolute Gasteiger partial charge is 0.0926 e. The molecule has 0 spiro atoms. The number of nitrogens with two attached hydrogens (primary N) is 1. The molecule has 0 aromatic heterocycles. The molecular formula is C10H19NO2. The average Bonchev–Trinajstić information content (AvgIpc) is 2.03. The molecule has 0 aromatic carbocycles. The van der Waals surface area contributed by atoms with Gasteiger partial charge < -0.3 is 15.2 Å². The second-order valence-electron chi connectivity index (χ2n) is 2.63. The van der Waals surface area contributed by atoms with E-state index in [0.717, 1.165) is 19.8 Å². The molecule has 0 aliphatic rings. The van der Waals surface area contributed by atoms with Crippen molar-refractivity contribution in [3.8, 4) is 0 Å². The van der Waals surface area contributed by atoms with Gasteiger partial charge in [-0.05, 0) is 6.92 Å². The molecule has 0 aliphatic carbocycles. The highest BCUT2D eigenvalue weighted by atomic mass is 16.4. The van der Waals surface area contributed by atoms with Gasteiger partial charge >= 0.3 is 0 Å². The topological polar surface area (TPSA) is 56.7 Å². The summed E-state index contributed by atoms with van der Waals surface area (Å²) in [5.74, 6) is -1.08. The van der Waals surface area contributed by atoms with Crippen LogP contribution in [0, 0.1) is 0 Å². The predicted molar refractivity (Wildman–Crippen MR) is 51.9 cm³/mol. The number of carboxylic acids is 1. The molecule has 0 saturated heterocycles. The van der Waals surface area contributed by atoms with Crippen LogP contribution in [-0.2, 0) is 4.79 Å². The lowest BCUT2D eigenvalue weighted by Gasteiger charge is -2.06. The highest BCUT2D eigenvalue weighted by Crippen LogP contribution is 1.92. The SMILES string of the molecule is C=CCC(CC=C)[NH2+]C.CC(=O)[O-]. The summed E-state index contributed by atoms with van der Waals surface area (Å²) in [6.07, 6.45) is 6.05. The third-order valence-corrected chi connectivity index (χ3v) is 1.41. The summed E-state index contributed by atoms with van der Waals surface area (Å²) in [5.41, 5.74) is 0. The molecule has 0 fully saturated rings. The quantitative estimate of drug-likeness (QED) is 0.585. The van der Waals surface area contributed by atoms with Crippen LogP contribution >= 0.6 is 0 Å². The van der Waals surface area contributed by atoms with Crippen LogP contribution in [-0.4, -0.2) is 19.1 Å². The molecule has 0 rings (SSSR count). The molecule has 0 saturated carbocycles. The molecule has 0 amide bonds. The number of hydrogen-bond donors (Lipinski definition) is 1. The molecule has 0 atom stereocenters. The second kappa shape index (κ2) is 10.9. The summed E-state index contributed by atoms with van der Waals surface area (Å²) < 4.78 is 0. The Bertz CT molecular complexity index is 141. The summed E-state index contributed by atoms with van der Waals surface area (Å²) in [6, 6.07) is 0.653. The van der Waals surface area contributed by atoms with Gasteiger partial charge in [0.1, 0.15) is 0 Å². The van der Waals surface area contributed by atoms with Crippen molar-refractivity contribution in [1.29, 1.82) is 0 Å². The zero-order chi connectivity index (χ0) is 10.7. The maximum absolute atomic E-state index is 8.89. The Kier molecular flexibility index (Phi) is 12.1. The Labute approximate surface area is 80.2 Å². The van der Waals surface area contributed by atoms with E-state index < -0.39 is 5.97 Å². The maximum Gasteiger partial charge on any atom is 0.0926 e. The Morgan fingerprint density at radius 2 is 1.77 bits per heavy atom. The van der Waals surface area contributed by atoms with E-state index in [-0.39, 0.29) is 0 Å². The van der Waals surface area contributed by atoms with Crippen molar-refractivity contribution in [2.24, 2.45) is 0 Å². The molecule has 2 N–H and O–H groups in total. The first kappa shape index (κ1) is 14.4. The van der Waals surface area contributed by atoms with Gasteiger partial charge in [0.15, 0.2) is 0 Å². The molecule has 0 aromatic rings. The number of aliphatic carboxylic acids is 1. The van der Waals surface area contributed by atoms with Gasteiger partial charge in [-0.2, -0.15) is 0 Å². The first-order valence-electron chi connectivity index (χ1n) is 4.27. The third kappa shape index (κ3) is 18.1. The fourth-order valence-corrected chi connectivity index (χ4v) is 0.797. The standard InChI is InChI=1S/C8H15N.C2H4O2/c1-4-6-8(9-3)7-5-2;1-2(3)4/h4-5,8-9H,1-2,6-7H2,3H3;1H3,(H,3,4). The van der Waals surface area contributed by atoms with Gasteiger partial charge in [-0.1, -0.05) is 12.2 Å². The second-order valence-corrected chi connectivity index (χ2v) is 2.63. The van der Waals surface area contributed by atoms with Crippen LogP contribution in [0.4, 0.5) is 0 Å². The first-order chi connectivity index (χ1) is 6.08. The Morgan fingerprint density at radius 1 is 1.46 bits per heavy atom. The van der Waals surface area contributed by atoms with Crippen LogP contribution < -0.4 is 10.4 Å². The van der Waals surface area contributed by atoms with E-state index in [2.05, 4.69) is 25.5 Å². The number of carboxylic acid groups (broad SMARTS) is 1. The predicted octanol–water partition coefficient (Wildman–Crippen LogP) is -0.543. The van der Waals surface area contributed by atoms with E-state index in [0.29, 0.717) is 6.04 Å². The van der Waals surface area contributed by atoms with Crippen LogP contribution in [0.1, 0.15) is 19.8 Å². The lowest BCUT2D eigenvalue weighted by atomic mass is 10.1. The lowest BCUT2D eigenvalue weighted by Crippen LogP contribution is -2.85. The van der Waals surface area contributed by atoms with E-state index in [1.165, 1.54) is 0 Å². The summed E-state index contributed by atoms with van der Waals surface area (Å²) in [7, 11) is 2.08. The Balaban J connectivity index is 0. The lowest BCUT2D eigenvalue weighted by molar-refractivity contribution is -0.662. The summed E-state index contributed by atoms with van der Waals surface area (Å²) in [6.45, 7) is 8.32. The first-order valence-corrected chi connectivity index (χ1v) is 4.27. The average molecular weight is 185 g/mol. The minimum Gasteiger partial charge on any atom is -0.550 e. The largest absolute Gasteiger partial charge is 0.550 e. The van der Waals surface area contributed by atoms with Crippen molar-refractivity contribution in [3.63, 3.8) is 0 Å². The van der Waals surface area contributed by atoms with Gasteiger partial charge in [-0.3, -0.25) is 0 Å². The van der Waals surface area contributed by atoms with Crippen molar-refractivity contribution in [2.75, 3.05) is 7.05 Å². The molecule has 13 heavy (non-hydrogen) atoms. The van der Waals surface area contributed by atoms with Crippen LogP contribution in [0.25, 0.3) is 0 Å². The van der Waals surface area contributed by atoms with Crippen molar-refractivity contribution < 1.29 is 15.2 Å². The van der Waals surface area contributed by atoms with Gasteiger partial charge in [-0.15, -0.1) is 13.2 Å². The van der Waals surface area contributed by atoms with Crippen LogP contribution in [0.2, 0.25) is 0 Å². The third-order valence-electron chi connectivity index (χ3n) is 1.41. The van der Waals surface area contributed by atoms with E-state index in [1.807, 2.05) is 12.2 Å². The van der Waals surface area contributed by atoms with E-state index in [1.54, 1.807) is 0 Å². The number of rotatable bonds is 5. The van der Waals surface area contributed by atoms with Crippen molar-refractivity contribution in [1.82, 2.24) is 0 Å². The highest BCUT2D eigenvalue weighted by Gasteiger charge is 2.01. The summed E-state index contributed by atoms with van der Waals surface area (Å²) in [5, 5.41) is 11.1. The van der Waals surface area contributed by atoms with Crippen molar-refractivity contribution >= 4 is 5.97 Å². The molecule has 0 unspecified atom stereocenters. The number of quaternary nitrogens is 1. The molecule has 0 aliphatic heterocycles. The van der Waals surface area contributed by atoms with Gasteiger partial charge in [-0.25, -0.2) is 0 Å². The fraction of sp³-hybridized carbons (Fsp3) is 0.500. The van der Waals surface area contributed by atoms with E-state index in [9.17, 15) is 0 Å². The van der Waals surface area contributed by atoms with Gasteiger partial charge in [0.2, 0.25) is 0 Å². The summed E-state index contributed by atoms with van der Waals surface area (Å²) >= 11 is 0. The van der Waals surface area contributed by atoms with Crippen LogP contribution in [0.5, 0.6) is 0 Å². The number of hydrogen-bond acceptors (Lipinski definition) is 2. The number of carbonyl (C=O) groups excluding carboxylic acids is 1. The van der Waals surface area contributed by atoms with Crippen LogP contribution in [0.3, 0.4) is 0 Å². The molecule has 3 heteroatoms. The van der Waals surface area contributed by atoms with Gasteiger partial charge in [0.25, 0.3) is 0 Å². The minimum absolute atomic E-state index is 0.653. The molecule has 3 nitrogen and oxygen atoms in total. The Hall–Kier alpha value is -1.09. The molecule has 0 radical (unpaired) electrons. The van der Waals surface area contributed by atoms with Gasteiger partial charge in [0.05, 0.1) is 13.1 Å². The van der Waals surface area contributed by atoms with Crippen LogP contribution in [0.15, 0.2) is 25.3 Å². The van der Waals surface area contributed by atoms with Gasteiger partial charge in [0, 0.05) is 18.8 Å². The maximum atomic E-state index is 8.89. The number of carbonyl (C=O) groups is 1. The van der Waals surface area contributed by atoms with Crippen molar-refractivity contribution in [2.45, 2.75) is 25.8 Å². The van der Waals surface area contributed by atoms with E-state index in [4.69, 9.17) is 9.90 Å². The molecular weight excluding hydrogens is 166 g/mol. The normalized spacial score (nSPS) is 8.54. The minimum atomic E-state index is -1.08. The molecule has 0 bridgehead atoms. The molecule has 76 valence electrons.